The zero-order valence-corrected chi connectivity index (χ0v) is 19.3. The number of rotatable bonds is 5. The predicted molar refractivity (Wildman–Crippen MR) is 129 cm³/mol. The summed E-state index contributed by atoms with van der Waals surface area (Å²) in [7, 11) is 0. The first-order valence-electron chi connectivity index (χ1n) is 11.6. The van der Waals surface area contributed by atoms with Gasteiger partial charge in [0.05, 0.1) is 13.1 Å². The molecule has 1 atom stereocenters. The first-order chi connectivity index (χ1) is 16.4. The van der Waals surface area contributed by atoms with Gasteiger partial charge in [-0.1, -0.05) is 19.1 Å². The van der Waals surface area contributed by atoms with Crippen molar-refractivity contribution in [3.05, 3.63) is 70.9 Å². The average molecular weight is 467 g/mol. The van der Waals surface area contributed by atoms with E-state index < -0.39 is 0 Å². The van der Waals surface area contributed by atoms with Gasteiger partial charge in [0.1, 0.15) is 17.2 Å². The monoisotopic (exact) mass is 466 g/mol. The number of aliphatic imine (C=N–C) groups is 1. The molecule has 3 heterocycles. The molecule has 2 aliphatic heterocycles. The van der Waals surface area contributed by atoms with Crippen LogP contribution < -0.4 is 16.4 Å². The number of hydrogen-bond donors (Lipinski definition) is 4. The zero-order valence-electron chi connectivity index (χ0n) is 19.3. The lowest BCUT2D eigenvalue weighted by molar-refractivity contribution is -0.118. The fourth-order valence-electron chi connectivity index (χ4n) is 4.45. The molecule has 2 aliphatic rings. The second-order valence-corrected chi connectivity index (χ2v) is 8.89. The number of carbonyl (C=O) groups is 2. The van der Waals surface area contributed by atoms with Crippen LogP contribution in [0, 0.1) is 11.7 Å². The first kappa shape index (κ1) is 23.7. The van der Waals surface area contributed by atoms with Crippen molar-refractivity contribution in [2.45, 2.75) is 32.4 Å². The standard InChI is InChI=1S/C25H31FN6O2/c1-16-14-32(25(34)21-3-2-10-29-21)15-20(22(27)24(33)31-19-8-11-28-12-9-19)23(16)30-13-17-4-6-18(26)7-5-17/h2-7,10,16,19,28-29H,8-9,11-15,27H2,1H3,(H,31,33). The van der Waals surface area contributed by atoms with Crippen molar-refractivity contribution >= 4 is 17.5 Å². The fraction of sp³-hybridized carbons (Fsp3) is 0.400. The van der Waals surface area contributed by atoms with Crippen LogP contribution in [-0.4, -0.2) is 59.6 Å². The van der Waals surface area contributed by atoms with E-state index in [0.29, 0.717) is 30.1 Å². The van der Waals surface area contributed by atoms with Gasteiger partial charge in [-0.15, -0.1) is 0 Å². The number of likely N-dealkylation sites (tertiary alicyclic amines) is 1. The molecule has 8 nitrogen and oxygen atoms in total. The molecule has 34 heavy (non-hydrogen) atoms. The maximum Gasteiger partial charge on any atom is 0.270 e. The number of hydrogen-bond acceptors (Lipinski definition) is 5. The van der Waals surface area contributed by atoms with Crippen molar-refractivity contribution in [2.24, 2.45) is 16.6 Å². The van der Waals surface area contributed by atoms with Crippen LogP contribution in [0.25, 0.3) is 0 Å². The molecule has 0 spiro atoms. The number of benzene rings is 1. The molecular weight excluding hydrogens is 435 g/mol. The van der Waals surface area contributed by atoms with E-state index in [1.165, 1.54) is 12.1 Å². The molecule has 4 rings (SSSR count). The smallest absolute Gasteiger partial charge is 0.270 e. The third-order valence-electron chi connectivity index (χ3n) is 6.32. The lowest BCUT2D eigenvalue weighted by Crippen LogP contribution is -2.48. The number of H-pyrrole nitrogens is 1. The summed E-state index contributed by atoms with van der Waals surface area (Å²) in [5.41, 5.74) is 9.10. The summed E-state index contributed by atoms with van der Waals surface area (Å²) in [4.78, 5) is 35.5. The molecule has 0 aliphatic carbocycles. The van der Waals surface area contributed by atoms with Gasteiger partial charge in [-0.2, -0.15) is 0 Å². The molecule has 2 amide bonds. The third-order valence-corrected chi connectivity index (χ3v) is 6.32. The summed E-state index contributed by atoms with van der Waals surface area (Å²) in [6.07, 6.45) is 3.38. The van der Waals surface area contributed by atoms with Crippen molar-refractivity contribution < 1.29 is 14.0 Å². The van der Waals surface area contributed by atoms with Crippen molar-refractivity contribution in [1.82, 2.24) is 20.5 Å². The molecule has 1 unspecified atom stereocenters. The summed E-state index contributed by atoms with van der Waals surface area (Å²) in [6, 6.07) is 9.72. The number of nitrogens with one attached hydrogen (secondary N) is 3. The molecule has 0 bridgehead atoms. The SMILES string of the molecule is CC1CN(C(=O)c2ccc[nH]2)CC(=C(N)C(=O)NC2CCNCC2)C1=NCc1ccc(F)cc1. The fourth-order valence-corrected chi connectivity index (χ4v) is 4.45. The number of nitrogens with zero attached hydrogens (tertiary/aromatic N) is 2. The number of carbonyl (C=O) groups excluding carboxylic acids is 2. The molecule has 2 aromatic rings. The van der Waals surface area contributed by atoms with E-state index in [2.05, 4.69) is 15.6 Å². The highest BCUT2D eigenvalue weighted by atomic mass is 19.1. The highest BCUT2D eigenvalue weighted by Crippen LogP contribution is 2.23. The number of aromatic amines is 1. The van der Waals surface area contributed by atoms with Crippen LogP contribution in [0.3, 0.4) is 0 Å². The van der Waals surface area contributed by atoms with Gasteiger partial charge in [0.25, 0.3) is 11.8 Å². The molecule has 180 valence electrons. The molecular formula is C25H31FN6O2. The Morgan fingerprint density at radius 3 is 2.62 bits per heavy atom. The van der Waals surface area contributed by atoms with E-state index in [1.807, 2.05) is 6.92 Å². The molecule has 1 aromatic heterocycles. The topological polar surface area (TPSA) is 116 Å². The van der Waals surface area contributed by atoms with Crippen molar-refractivity contribution in [2.75, 3.05) is 26.2 Å². The van der Waals surface area contributed by atoms with Gasteiger partial charge in [-0.05, 0) is 55.8 Å². The van der Waals surface area contributed by atoms with E-state index in [9.17, 15) is 14.0 Å². The van der Waals surface area contributed by atoms with Gasteiger partial charge < -0.3 is 26.3 Å². The predicted octanol–water partition coefficient (Wildman–Crippen LogP) is 1.97. The third kappa shape index (κ3) is 5.53. The first-order valence-corrected chi connectivity index (χ1v) is 11.6. The molecule has 1 aromatic carbocycles. The summed E-state index contributed by atoms with van der Waals surface area (Å²) in [5.74, 6) is -0.926. The van der Waals surface area contributed by atoms with Crippen molar-refractivity contribution in [1.29, 1.82) is 0 Å². The van der Waals surface area contributed by atoms with Gasteiger partial charge in [-0.25, -0.2) is 4.39 Å². The minimum atomic E-state index is -0.335. The Morgan fingerprint density at radius 2 is 1.94 bits per heavy atom. The minimum Gasteiger partial charge on any atom is -0.394 e. The molecule has 0 saturated carbocycles. The summed E-state index contributed by atoms with van der Waals surface area (Å²) in [5, 5.41) is 6.31. The normalized spacial score (nSPS) is 22.0. The van der Waals surface area contributed by atoms with Gasteiger partial charge in [0.15, 0.2) is 0 Å². The van der Waals surface area contributed by atoms with Crippen LogP contribution >= 0.6 is 0 Å². The largest absolute Gasteiger partial charge is 0.394 e. The molecule has 2 fully saturated rings. The maximum atomic E-state index is 13.3. The van der Waals surface area contributed by atoms with E-state index in [-0.39, 0.29) is 41.8 Å². The quantitative estimate of drug-likeness (QED) is 0.504. The number of amides is 2. The van der Waals surface area contributed by atoms with Crippen LogP contribution in [0.5, 0.6) is 0 Å². The van der Waals surface area contributed by atoms with Gasteiger partial charge in [0, 0.05) is 36.0 Å². The Kier molecular flexibility index (Phi) is 7.42. The van der Waals surface area contributed by atoms with E-state index >= 15 is 0 Å². The minimum absolute atomic E-state index is 0.0603. The van der Waals surface area contributed by atoms with Crippen molar-refractivity contribution in [3.8, 4) is 0 Å². The number of piperidine rings is 2. The summed E-state index contributed by atoms with van der Waals surface area (Å²) in [6.45, 7) is 4.64. The summed E-state index contributed by atoms with van der Waals surface area (Å²) < 4.78 is 13.3. The van der Waals surface area contributed by atoms with E-state index in [4.69, 9.17) is 10.7 Å². The van der Waals surface area contributed by atoms with Gasteiger partial charge >= 0.3 is 0 Å². The van der Waals surface area contributed by atoms with Crippen LogP contribution in [0.4, 0.5) is 4.39 Å². The molecule has 2 saturated heterocycles. The van der Waals surface area contributed by atoms with Crippen LogP contribution in [-0.2, 0) is 11.3 Å². The molecule has 9 heteroatoms. The molecule has 5 N–H and O–H groups in total. The lowest BCUT2D eigenvalue weighted by atomic mass is 9.90. The summed E-state index contributed by atoms with van der Waals surface area (Å²) >= 11 is 0. The zero-order chi connectivity index (χ0) is 24.1. The second kappa shape index (κ2) is 10.6. The second-order valence-electron chi connectivity index (χ2n) is 8.89. The van der Waals surface area contributed by atoms with E-state index in [1.54, 1.807) is 35.4 Å². The van der Waals surface area contributed by atoms with Crippen LogP contribution in [0.1, 0.15) is 35.8 Å². The Balaban J connectivity index is 1.61. The lowest BCUT2D eigenvalue weighted by Gasteiger charge is -2.35. The number of halogens is 1. The van der Waals surface area contributed by atoms with E-state index in [0.717, 1.165) is 31.5 Å². The number of nitrogens with two attached hydrogens (primary N) is 1. The highest BCUT2D eigenvalue weighted by molar-refractivity contribution is 6.10. The Hall–Kier alpha value is -3.46. The Morgan fingerprint density at radius 1 is 1.21 bits per heavy atom. The van der Waals surface area contributed by atoms with Crippen LogP contribution in [0.2, 0.25) is 0 Å². The highest BCUT2D eigenvalue weighted by Gasteiger charge is 2.33. The van der Waals surface area contributed by atoms with Gasteiger partial charge in [-0.3, -0.25) is 14.6 Å². The average Bonchev–Trinajstić information content (AvgIpc) is 3.38. The maximum absolute atomic E-state index is 13.3. The Bertz CT molecular complexity index is 1070. The number of aromatic nitrogens is 1. The molecule has 0 radical (unpaired) electrons. The van der Waals surface area contributed by atoms with Crippen LogP contribution in [0.15, 0.2) is 58.9 Å². The van der Waals surface area contributed by atoms with Crippen molar-refractivity contribution in [3.63, 3.8) is 0 Å². The Labute approximate surface area is 198 Å². The van der Waals surface area contributed by atoms with Gasteiger partial charge in [0.2, 0.25) is 0 Å².